The number of methoxy groups -OCH3 is 1. The summed E-state index contributed by atoms with van der Waals surface area (Å²) in [6.07, 6.45) is 2.24. The molecular weight excluding hydrogens is 240 g/mol. The van der Waals surface area contributed by atoms with Gasteiger partial charge in [0.25, 0.3) is 0 Å². The van der Waals surface area contributed by atoms with Gasteiger partial charge in [0.2, 0.25) is 0 Å². The molecule has 0 aromatic carbocycles. The van der Waals surface area contributed by atoms with Crippen LogP contribution in [0.2, 0.25) is 0 Å². The van der Waals surface area contributed by atoms with Crippen LogP contribution in [0, 0.1) is 0 Å². The molecule has 0 amide bonds. The number of nitrogen functional groups attached to an aromatic ring is 1. The van der Waals surface area contributed by atoms with Gasteiger partial charge >= 0.3 is 5.97 Å². The van der Waals surface area contributed by atoms with Gasteiger partial charge in [-0.05, 0) is 12.8 Å². The molecule has 6 nitrogen and oxygen atoms in total. The third-order valence-corrected chi connectivity index (χ3v) is 3.26. The molecule has 3 N–H and O–H groups in total. The van der Waals surface area contributed by atoms with Crippen molar-refractivity contribution < 1.29 is 9.53 Å². The van der Waals surface area contributed by atoms with E-state index in [4.69, 9.17) is 5.84 Å². The SMILES string of the molecule is COC(=O)CSc1cc(NN)nc(C2CC2)n1. The molecule has 0 atom stereocenters. The van der Waals surface area contributed by atoms with E-state index in [1.807, 2.05) is 0 Å². The van der Waals surface area contributed by atoms with Crippen molar-refractivity contribution in [1.29, 1.82) is 0 Å². The standard InChI is InChI=1S/C10H14N4O2S/c1-16-9(15)5-17-8-4-7(14-11)12-10(13-8)6-2-3-6/h4,6H,2-3,5,11H2,1H3,(H,12,13,14). The van der Waals surface area contributed by atoms with E-state index in [1.54, 1.807) is 6.07 Å². The molecule has 1 aliphatic carbocycles. The second kappa shape index (κ2) is 5.33. The maximum atomic E-state index is 11.0. The Balaban J connectivity index is 2.09. The number of carbonyl (C=O) groups excluding carboxylic acids is 1. The van der Waals surface area contributed by atoms with Gasteiger partial charge < -0.3 is 10.2 Å². The summed E-state index contributed by atoms with van der Waals surface area (Å²) >= 11 is 1.32. The van der Waals surface area contributed by atoms with Gasteiger partial charge in [-0.25, -0.2) is 15.8 Å². The minimum absolute atomic E-state index is 0.238. The fraction of sp³-hybridized carbons (Fsp3) is 0.500. The summed E-state index contributed by atoms with van der Waals surface area (Å²) in [5.41, 5.74) is 2.51. The van der Waals surface area contributed by atoms with Crippen LogP contribution in [-0.4, -0.2) is 28.8 Å². The number of aromatic nitrogens is 2. The van der Waals surface area contributed by atoms with Crippen molar-refractivity contribution in [2.24, 2.45) is 5.84 Å². The molecule has 1 aliphatic rings. The van der Waals surface area contributed by atoms with Gasteiger partial charge in [-0.2, -0.15) is 0 Å². The monoisotopic (exact) mass is 254 g/mol. The minimum atomic E-state index is -0.274. The van der Waals surface area contributed by atoms with Crippen LogP contribution < -0.4 is 11.3 Å². The van der Waals surface area contributed by atoms with Crippen molar-refractivity contribution in [3.63, 3.8) is 0 Å². The third kappa shape index (κ3) is 3.31. The maximum Gasteiger partial charge on any atom is 0.316 e. The summed E-state index contributed by atoms with van der Waals surface area (Å²) in [5.74, 6) is 7.13. The van der Waals surface area contributed by atoms with Crippen LogP contribution in [0.5, 0.6) is 0 Å². The van der Waals surface area contributed by atoms with Gasteiger partial charge in [-0.3, -0.25) is 4.79 Å². The molecule has 1 aromatic heterocycles. The fourth-order valence-electron chi connectivity index (χ4n) is 1.31. The zero-order valence-electron chi connectivity index (χ0n) is 9.47. The van der Waals surface area contributed by atoms with Crippen molar-refractivity contribution in [2.45, 2.75) is 23.8 Å². The van der Waals surface area contributed by atoms with Crippen molar-refractivity contribution >= 4 is 23.5 Å². The highest BCUT2D eigenvalue weighted by molar-refractivity contribution is 7.99. The maximum absolute atomic E-state index is 11.0. The lowest BCUT2D eigenvalue weighted by molar-refractivity contribution is -0.137. The van der Waals surface area contributed by atoms with E-state index in [1.165, 1.54) is 18.9 Å². The number of thioether (sulfide) groups is 1. The number of hydrogen-bond acceptors (Lipinski definition) is 7. The van der Waals surface area contributed by atoms with Gasteiger partial charge in [0, 0.05) is 12.0 Å². The summed E-state index contributed by atoms with van der Waals surface area (Å²) in [5, 5.41) is 0.736. The van der Waals surface area contributed by atoms with Crippen molar-refractivity contribution in [3.8, 4) is 0 Å². The molecular formula is C10H14N4O2S. The average Bonchev–Trinajstić information content (AvgIpc) is 3.19. The Labute approximate surface area is 103 Å². The van der Waals surface area contributed by atoms with Crippen LogP contribution in [-0.2, 0) is 9.53 Å². The highest BCUT2D eigenvalue weighted by Gasteiger charge is 2.27. The smallest absolute Gasteiger partial charge is 0.316 e. The van der Waals surface area contributed by atoms with Crippen molar-refractivity contribution in [2.75, 3.05) is 18.3 Å². The van der Waals surface area contributed by atoms with Crippen LogP contribution in [0.1, 0.15) is 24.6 Å². The minimum Gasteiger partial charge on any atom is -0.468 e. The first kappa shape index (κ1) is 12.1. The summed E-state index contributed by atoms with van der Waals surface area (Å²) < 4.78 is 4.58. The number of esters is 1. The summed E-state index contributed by atoms with van der Waals surface area (Å²) in [6, 6.07) is 1.72. The second-order valence-electron chi connectivity index (χ2n) is 3.73. The van der Waals surface area contributed by atoms with Gasteiger partial charge in [-0.1, -0.05) is 11.8 Å². The first-order valence-electron chi connectivity index (χ1n) is 5.28. The number of carbonyl (C=O) groups is 1. The third-order valence-electron chi connectivity index (χ3n) is 2.38. The summed E-state index contributed by atoms with van der Waals surface area (Å²) in [6.45, 7) is 0. The molecule has 2 rings (SSSR count). The number of anilines is 1. The number of hydrogen-bond donors (Lipinski definition) is 2. The molecule has 0 bridgehead atoms. The van der Waals surface area contributed by atoms with E-state index in [0.29, 0.717) is 11.7 Å². The van der Waals surface area contributed by atoms with Crippen LogP contribution >= 0.6 is 11.8 Å². The number of ether oxygens (including phenoxy) is 1. The average molecular weight is 254 g/mol. The molecule has 1 fully saturated rings. The number of rotatable bonds is 5. The van der Waals surface area contributed by atoms with Gasteiger partial charge in [0.05, 0.1) is 12.9 Å². The number of nitrogens with zero attached hydrogens (tertiary/aromatic N) is 2. The highest BCUT2D eigenvalue weighted by Crippen LogP contribution is 2.39. The Kier molecular flexibility index (Phi) is 3.80. The van der Waals surface area contributed by atoms with Crippen molar-refractivity contribution in [3.05, 3.63) is 11.9 Å². The van der Waals surface area contributed by atoms with E-state index in [2.05, 4.69) is 20.1 Å². The molecule has 0 unspecified atom stereocenters. The molecule has 1 heterocycles. The molecule has 0 saturated heterocycles. The summed E-state index contributed by atoms with van der Waals surface area (Å²) in [7, 11) is 1.37. The molecule has 0 radical (unpaired) electrons. The second-order valence-corrected chi connectivity index (χ2v) is 4.73. The quantitative estimate of drug-likeness (QED) is 0.265. The van der Waals surface area contributed by atoms with E-state index in [-0.39, 0.29) is 11.7 Å². The van der Waals surface area contributed by atoms with E-state index >= 15 is 0 Å². The van der Waals surface area contributed by atoms with Crippen LogP contribution in [0.25, 0.3) is 0 Å². The summed E-state index contributed by atoms with van der Waals surface area (Å²) in [4.78, 5) is 19.7. The number of nitrogens with one attached hydrogen (secondary N) is 1. The zero-order valence-corrected chi connectivity index (χ0v) is 10.3. The Morgan fingerprint density at radius 2 is 2.41 bits per heavy atom. The van der Waals surface area contributed by atoms with E-state index in [0.717, 1.165) is 23.7 Å². The lowest BCUT2D eigenvalue weighted by Gasteiger charge is -2.06. The molecule has 7 heteroatoms. The topological polar surface area (TPSA) is 90.1 Å². The predicted octanol–water partition coefficient (Wildman–Crippen LogP) is 0.905. The van der Waals surface area contributed by atoms with Gasteiger partial charge in [-0.15, -0.1) is 0 Å². The van der Waals surface area contributed by atoms with E-state index < -0.39 is 0 Å². The van der Waals surface area contributed by atoms with Crippen molar-refractivity contribution in [1.82, 2.24) is 9.97 Å². The molecule has 92 valence electrons. The predicted molar refractivity (Wildman–Crippen MR) is 64.6 cm³/mol. The molecule has 0 spiro atoms. The highest BCUT2D eigenvalue weighted by atomic mass is 32.2. The number of hydrazine groups is 1. The Morgan fingerprint density at radius 1 is 1.65 bits per heavy atom. The Hall–Kier alpha value is -1.34. The molecule has 0 aliphatic heterocycles. The Morgan fingerprint density at radius 3 is 3.00 bits per heavy atom. The largest absolute Gasteiger partial charge is 0.468 e. The van der Waals surface area contributed by atoms with Crippen LogP contribution in [0.4, 0.5) is 5.82 Å². The molecule has 1 saturated carbocycles. The van der Waals surface area contributed by atoms with E-state index in [9.17, 15) is 4.79 Å². The normalized spacial score (nSPS) is 14.5. The van der Waals surface area contributed by atoms with Crippen LogP contribution in [0.15, 0.2) is 11.1 Å². The van der Waals surface area contributed by atoms with Gasteiger partial charge in [0.1, 0.15) is 16.7 Å². The molecule has 1 aromatic rings. The first-order valence-corrected chi connectivity index (χ1v) is 6.26. The fourth-order valence-corrected chi connectivity index (χ4v) is 2.04. The zero-order chi connectivity index (χ0) is 12.3. The number of nitrogens with two attached hydrogens (primary N) is 1. The van der Waals surface area contributed by atoms with Gasteiger partial charge in [0.15, 0.2) is 0 Å². The first-order chi connectivity index (χ1) is 8.22. The van der Waals surface area contributed by atoms with Crippen LogP contribution in [0.3, 0.4) is 0 Å². The molecule has 17 heavy (non-hydrogen) atoms. The Bertz CT molecular complexity index is 423. The lowest BCUT2D eigenvalue weighted by Crippen LogP contribution is -2.11. The lowest BCUT2D eigenvalue weighted by atomic mass is 10.4.